The Morgan fingerprint density at radius 2 is 1.90 bits per heavy atom. The average Bonchev–Trinajstić information content (AvgIpc) is 2.98. The number of ketones is 1. The van der Waals surface area contributed by atoms with Crippen molar-refractivity contribution >= 4 is 33.4 Å². The van der Waals surface area contributed by atoms with Crippen LogP contribution in [0.3, 0.4) is 0 Å². The van der Waals surface area contributed by atoms with Crippen LogP contribution < -0.4 is 14.7 Å². The number of ether oxygens (including phenoxy) is 1. The molecule has 0 bridgehead atoms. The molecule has 0 aromatic heterocycles. The van der Waals surface area contributed by atoms with E-state index in [0.717, 1.165) is 23.0 Å². The number of nitrogens with zero attached hydrogens (tertiary/aromatic N) is 1. The molecule has 2 aromatic carbocycles. The van der Waals surface area contributed by atoms with Crippen molar-refractivity contribution < 1.29 is 24.3 Å². The van der Waals surface area contributed by atoms with E-state index in [-0.39, 0.29) is 5.57 Å². The van der Waals surface area contributed by atoms with Gasteiger partial charge in [-0.15, -0.1) is 0 Å². The molecule has 1 amide bonds. The van der Waals surface area contributed by atoms with Gasteiger partial charge < -0.3 is 19.6 Å². The number of methoxy groups -OCH3 is 1. The van der Waals surface area contributed by atoms with Crippen LogP contribution in [0.2, 0.25) is 0 Å². The number of amides is 1. The minimum Gasteiger partial charge on any atom is -0.872 e. The number of rotatable bonds is 7. The number of likely N-dealkylation sites (tertiary alicyclic amines) is 1. The minimum atomic E-state index is -0.731. The van der Waals surface area contributed by atoms with Crippen LogP contribution in [0.25, 0.3) is 5.76 Å². The van der Waals surface area contributed by atoms with Crippen molar-refractivity contribution in [2.24, 2.45) is 0 Å². The highest BCUT2D eigenvalue weighted by atomic mass is 79.9. The van der Waals surface area contributed by atoms with Crippen LogP contribution >= 0.6 is 15.9 Å². The van der Waals surface area contributed by atoms with Crippen molar-refractivity contribution in [1.29, 1.82) is 0 Å². The first-order valence-corrected chi connectivity index (χ1v) is 10.6. The van der Waals surface area contributed by atoms with E-state index in [1.807, 2.05) is 38.4 Å². The lowest BCUT2D eigenvalue weighted by molar-refractivity contribution is -0.858. The Kier molecular flexibility index (Phi) is 6.95. The van der Waals surface area contributed by atoms with Gasteiger partial charge in [0.2, 0.25) is 5.78 Å². The van der Waals surface area contributed by atoms with E-state index in [9.17, 15) is 14.7 Å². The number of hydrogen-bond donors (Lipinski definition) is 1. The number of hydrogen-bond acceptors (Lipinski definition) is 4. The Labute approximate surface area is 184 Å². The molecule has 6 nitrogen and oxygen atoms in total. The second-order valence-corrected chi connectivity index (χ2v) is 8.49. The third-order valence-corrected chi connectivity index (χ3v) is 5.59. The Morgan fingerprint density at radius 3 is 2.57 bits per heavy atom. The van der Waals surface area contributed by atoms with Gasteiger partial charge in [-0.2, -0.15) is 0 Å². The molecule has 7 heteroatoms. The monoisotopic (exact) mass is 472 g/mol. The van der Waals surface area contributed by atoms with E-state index < -0.39 is 23.5 Å². The third kappa shape index (κ3) is 4.57. The molecule has 2 aromatic rings. The zero-order valence-corrected chi connectivity index (χ0v) is 18.9. The molecule has 1 unspecified atom stereocenters. The van der Waals surface area contributed by atoms with Crippen molar-refractivity contribution in [3.05, 3.63) is 69.7 Å². The summed E-state index contributed by atoms with van der Waals surface area (Å²) in [6, 6.07) is 13.3. The summed E-state index contributed by atoms with van der Waals surface area (Å²) in [4.78, 5) is 28.6. The van der Waals surface area contributed by atoms with E-state index >= 15 is 0 Å². The highest BCUT2D eigenvalue weighted by molar-refractivity contribution is 9.10. The zero-order chi connectivity index (χ0) is 21.8. The van der Waals surface area contributed by atoms with Crippen LogP contribution in [-0.2, 0) is 9.59 Å². The van der Waals surface area contributed by atoms with Crippen molar-refractivity contribution in [3.63, 3.8) is 0 Å². The summed E-state index contributed by atoms with van der Waals surface area (Å²) >= 11 is 3.45. The molecule has 0 aliphatic carbocycles. The first kappa shape index (κ1) is 22.1. The fourth-order valence-electron chi connectivity index (χ4n) is 3.65. The van der Waals surface area contributed by atoms with Gasteiger partial charge in [0.05, 0.1) is 33.8 Å². The summed E-state index contributed by atoms with van der Waals surface area (Å²) in [6.45, 7) is 1.25. The lowest BCUT2D eigenvalue weighted by Gasteiger charge is -2.28. The third-order valence-electron chi connectivity index (χ3n) is 5.10. The Balaban J connectivity index is 2.11. The molecule has 158 valence electrons. The molecule has 0 saturated carbocycles. The maximum atomic E-state index is 13.4. The van der Waals surface area contributed by atoms with Crippen molar-refractivity contribution in [2.75, 3.05) is 34.3 Å². The Bertz CT molecular complexity index is 987. The molecule has 1 heterocycles. The van der Waals surface area contributed by atoms with Gasteiger partial charge >= 0.3 is 0 Å². The molecule has 1 atom stereocenters. The number of quaternary nitrogens is 1. The lowest BCUT2D eigenvalue weighted by Crippen LogP contribution is -3.05. The molecule has 1 aliphatic rings. The molecular weight excluding hydrogens is 448 g/mol. The molecule has 1 fully saturated rings. The van der Waals surface area contributed by atoms with Gasteiger partial charge in [-0.1, -0.05) is 46.0 Å². The molecule has 1 N–H and O–H groups in total. The van der Waals surface area contributed by atoms with Crippen LogP contribution in [-0.4, -0.2) is 50.9 Å². The normalized spacial score (nSPS) is 18.3. The number of nitrogens with one attached hydrogen (secondary N) is 1. The van der Waals surface area contributed by atoms with E-state index in [4.69, 9.17) is 4.74 Å². The highest BCUT2D eigenvalue weighted by Gasteiger charge is 2.44. The minimum absolute atomic E-state index is 0.0106. The Hall–Kier alpha value is -2.64. The Morgan fingerprint density at radius 1 is 1.17 bits per heavy atom. The average molecular weight is 473 g/mol. The zero-order valence-electron chi connectivity index (χ0n) is 17.3. The van der Waals surface area contributed by atoms with Crippen LogP contribution in [0.15, 0.2) is 58.6 Å². The van der Waals surface area contributed by atoms with Gasteiger partial charge in [0.1, 0.15) is 5.75 Å². The number of carbonyl (C=O) groups excluding carboxylic acids is 2. The number of carbonyl (C=O) groups is 2. The molecule has 1 saturated heterocycles. The number of halogens is 1. The highest BCUT2D eigenvalue weighted by Crippen LogP contribution is 2.39. The molecule has 0 spiro atoms. The van der Waals surface area contributed by atoms with E-state index in [0.29, 0.717) is 17.9 Å². The van der Waals surface area contributed by atoms with Crippen molar-refractivity contribution in [3.8, 4) is 5.75 Å². The largest absolute Gasteiger partial charge is 0.872 e. The van der Waals surface area contributed by atoms with Crippen LogP contribution in [0.1, 0.15) is 23.6 Å². The predicted molar refractivity (Wildman–Crippen MR) is 116 cm³/mol. The second kappa shape index (κ2) is 9.45. The summed E-state index contributed by atoms with van der Waals surface area (Å²) < 4.78 is 6.02. The molecule has 3 rings (SSSR count). The number of benzene rings is 2. The fourth-order valence-corrected chi connectivity index (χ4v) is 4.06. The van der Waals surface area contributed by atoms with Crippen LogP contribution in [0.4, 0.5) is 0 Å². The molecular formula is C23H25BrN2O4. The summed E-state index contributed by atoms with van der Waals surface area (Å²) in [5, 5.41) is 13.4. The second-order valence-electron chi connectivity index (χ2n) is 7.57. The first-order chi connectivity index (χ1) is 14.3. The topological polar surface area (TPSA) is 74.1 Å². The van der Waals surface area contributed by atoms with E-state index in [1.54, 1.807) is 24.3 Å². The molecule has 0 radical (unpaired) electrons. The van der Waals surface area contributed by atoms with Gasteiger partial charge in [-0.3, -0.25) is 9.59 Å². The molecule has 30 heavy (non-hydrogen) atoms. The van der Waals surface area contributed by atoms with E-state index in [1.165, 1.54) is 16.9 Å². The summed E-state index contributed by atoms with van der Waals surface area (Å²) in [6.07, 6.45) is 0.729. The predicted octanol–water partition coefficient (Wildman–Crippen LogP) is 1.22. The van der Waals surface area contributed by atoms with Crippen LogP contribution in [0, 0.1) is 0 Å². The summed E-state index contributed by atoms with van der Waals surface area (Å²) in [7, 11) is 5.58. The number of Topliss-reactive ketones (excluding diaryl/α,β-unsaturated/α-hetero) is 1. The van der Waals surface area contributed by atoms with Gasteiger partial charge in [-0.05, 0) is 35.4 Å². The maximum Gasteiger partial charge on any atom is 0.295 e. The smallest absolute Gasteiger partial charge is 0.295 e. The van der Waals surface area contributed by atoms with E-state index in [2.05, 4.69) is 15.9 Å². The first-order valence-electron chi connectivity index (χ1n) is 9.79. The fraction of sp³-hybridized carbons (Fsp3) is 0.304. The molecule has 1 aliphatic heterocycles. The quantitative estimate of drug-likeness (QED) is 0.373. The van der Waals surface area contributed by atoms with Crippen molar-refractivity contribution in [1.82, 2.24) is 4.90 Å². The SMILES string of the molecule is COc1cccc(C([O-])=C2C(=O)C(=O)N(CCC[NH+](C)C)C2c2cccc(Br)c2)c1. The van der Waals surface area contributed by atoms with Crippen molar-refractivity contribution in [2.45, 2.75) is 12.5 Å². The van der Waals surface area contributed by atoms with Crippen LogP contribution in [0.5, 0.6) is 5.75 Å². The maximum absolute atomic E-state index is 13.4. The van der Waals surface area contributed by atoms with Gasteiger partial charge in [0.25, 0.3) is 5.91 Å². The standard InChI is InChI=1S/C23H25BrN2O4/c1-25(2)11-6-12-26-20(15-7-4-9-17(24)13-15)19(22(28)23(26)29)21(27)16-8-5-10-18(14-16)30-3/h4-5,7-10,13-14,20,27H,6,11-12H2,1-3H3. The summed E-state index contributed by atoms with van der Waals surface area (Å²) in [5.41, 5.74) is 1.04. The van der Waals surface area contributed by atoms with Gasteiger partial charge in [0, 0.05) is 23.0 Å². The lowest BCUT2D eigenvalue weighted by atomic mass is 9.95. The van der Waals surface area contributed by atoms with Gasteiger partial charge in [0.15, 0.2) is 0 Å². The van der Waals surface area contributed by atoms with Gasteiger partial charge in [-0.25, -0.2) is 0 Å². The summed E-state index contributed by atoms with van der Waals surface area (Å²) in [5.74, 6) is -1.29.